The number of rotatable bonds is 2. The Balaban J connectivity index is 2.32. The van der Waals surface area contributed by atoms with Gasteiger partial charge in [0, 0.05) is 4.47 Å². The van der Waals surface area contributed by atoms with Gasteiger partial charge < -0.3 is 5.11 Å². The number of halogens is 1. The number of hydrogen-bond acceptors (Lipinski definition) is 1. The van der Waals surface area contributed by atoms with E-state index in [4.69, 9.17) is 5.11 Å². The van der Waals surface area contributed by atoms with Gasteiger partial charge in [0.15, 0.2) is 0 Å². The van der Waals surface area contributed by atoms with Crippen LogP contribution in [0.15, 0.2) is 28.7 Å². The Kier molecular flexibility index (Phi) is 2.42. The minimum Gasteiger partial charge on any atom is -0.481 e. The van der Waals surface area contributed by atoms with Gasteiger partial charge in [0.25, 0.3) is 0 Å². The standard InChI is InChI=1S/C11H9BrO2/c12-9-3-4-10-7(5-9)1-2-8(10)6-11(13)14/h2-5H,1,6H2,(H,13,14). The van der Waals surface area contributed by atoms with Gasteiger partial charge in [0.1, 0.15) is 0 Å². The number of hydrogen-bond donors (Lipinski definition) is 1. The van der Waals surface area contributed by atoms with Crippen molar-refractivity contribution in [1.82, 2.24) is 0 Å². The van der Waals surface area contributed by atoms with E-state index in [2.05, 4.69) is 15.9 Å². The predicted molar refractivity (Wildman–Crippen MR) is 58.1 cm³/mol. The molecular weight excluding hydrogens is 244 g/mol. The van der Waals surface area contributed by atoms with Crippen molar-refractivity contribution in [2.75, 3.05) is 0 Å². The SMILES string of the molecule is O=C(O)CC1=CCc2cc(Br)ccc21. The topological polar surface area (TPSA) is 37.3 Å². The summed E-state index contributed by atoms with van der Waals surface area (Å²) in [6, 6.07) is 5.96. The van der Waals surface area contributed by atoms with Crippen LogP contribution >= 0.6 is 15.9 Å². The molecule has 0 saturated carbocycles. The number of aliphatic carboxylic acids is 1. The zero-order valence-electron chi connectivity index (χ0n) is 7.46. The molecule has 72 valence electrons. The summed E-state index contributed by atoms with van der Waals surface area (Å²) < 4.78 is 1.04. The molecule has 0 bridgehead atoms. The maximum Gasteiger partial charge on any atom is 0.307 e. The van der Waals surface area contributed by atoms with Gasteiger partial charge >= 0.3 is 5.97 Å². The highest BCUT2D eigenvalue weighted by Gasteiger charge is 2.15. The van der Waals surface area contributed by atoms with Crippen LogP contribution < -0.4 is 0 Å². The molecule has 0 heterocycles. The molecular formula is C11H9BrO2. The van der Waals surface area contributed by atoms with Crippen LogP contribution in [0.5, 0.6) is 0 Å². The number of allylic oxidation sites excluding steroid dienone is 1. The third-order valence-electron chi connectivity index (χ3n) is 2.32. The van der Waals surface area contributed by atoms with E-state index in [-0.39, 0.29) is 6.42 Å². The zero-order chi connectivity index (χ0) is 10.1. The first-order valence-corrected chi connectivity index (χ1v) is 5.16. The Morgan fingerprint density at radius 3 is 3.00 bits per heavy atom. The lowest BCUT2D eigenvalue weighted by Gasteiger charge is -2.03. The molecule has 0 atom stereocenters. The lowest BCUT2D eigenvalue weighted by atomic mass is 10.0. The van der Waals surface area contributed by atoms with Crippen LogP contribution in [-0.2, 0) is 11.2 Å². The van der Waals surface area contributed by atoms with E-state index in [1.807, 2.05) is 24.3 Å². The molecule has 0 radical (unpaired) electrons. The third kappa shape index (κ3) is 1.73. The van der Waals surface area contributed by atoms with Crippen molar-refractivity contribution in [2.45, 2.75) is 12.8 Å². The van der Waals surface area contributed by atoms with Crippen LogP contribution in [0, 0.1) is 0 Å². The van der Waals surface area contributed by atoms with Crippen molar-refractivity contribution in [3.63, 3.8) is 0 Å². The van der Waals surface area contributed by atoms with Gasteiger partial charge in [0.05, 0.1) is 6.42 Å². The fraction of sp³-hybridized carbons (Fsp3) is 0.182. The van der Waals surface area contributed by atoms with Crippen molar-refractivity contribution in [2.24, 2.45) is 0 Å². The molecule has 0 fully saturated rings. The van der Waals surface area contributed by atoms with E-state index in [1.165, 1.54) is 5.56 Å². The molecule has 1 aromatic carbocycles. The molecule has 1 aliphatic carbocycles. The van der Waals surface area contributed by atoms with E-state index in [9.17, 15) is 4.79 Å². The van der Waals surface area contributed by atoms with Gasteiger partial charge in [-0.1, -0.05) is 28.1 Å². The first-order chi connectivity index (χ1) is 6.66. The van der Waals surface area contributed by atoms with Crippen molar-refractivity contribution in [3.8, 4) is 0 Å². The summed E-state index contributed by atoms with van der Waals surface area (Å²) in [5.74, 6) is -0.771. The fourth-order valence-electron chi connectivity index (χ4n) is 1.72. The van der Waals surface area contributed by atoms with Gasteiger partial charge in [-0.15, -0.1) is 0 Å². The Labute approximate surface area is 90.4 Å². The summed E-state index contributed by atoms with van der Waals surface area (Å²) in [6.07, 6.45) is 2.96. The molecule has 0 aliphatic heterocycles. The molecule has 1 N–H and O–H groups in total. The second kappa shape index (κ2) is 3.58. The number of carbonyl (C=O) groups is 1. The van der Waals surface area contributed by atoms with Crippen LogP contribution in [0.4, 0.5) is 0 Å². The normalized spacial score (nSPS) is 13.6. The Morgan fingerprint density at radius 1 is 1.50 bits per heavy atom. The molecule has 1 aliphatic rings. The van der Waals surface area contributed by atoms with Crippen molar-refractivity contribution in [1.29, 1.82) is 0 Å². The lowest BCUT2D eigenvalue weighted by molar-refractivity contribution is -0.135. The molecule has 0 aromatic heterocycles. The molecule has 0 amide bonds. The number of carboxylic acid groups (broad SMARTS) is 1. The smallest absolute Gasteiger partial charge is 0.307 e. The van der Waals surface area contributed by atoms with Crippen molar-refractivity contribution < 1.29 is 9.90 Å². The maximum absolute atomic E-state index is 10.6. The van der Waals surface area contributed by atoms with E-state index in [0.29, 0.717) is 0 Å². The van der Waals surface area contributed by atoms with E-state index >= 15 is 0 Å². The largest absolute Gasteiger partial charge is 0.481 e. The lowest BCUT2D eigenvalue weighted by Crippen LogP contribution is -1.95. The highest BCUT2D eigenvalue weighted by Crippen LogP contribution is 2.31. The molecule has 0 saturated heterocycles. The first kappa shape index (κ1) is 9.46. The van der Waals surface area contributed by atoms with Crippen LogP contribution in [0.3, 0.4) is 0 Å². The Hall–Kier alpha value is -1.09. The number of benzene rings is 1. The molecule has 1 aromatic rings. The molecule has 0 spiro atoms. The number of carboxylic acids is 1. The molecule has 2 nitrogen and oxygen atoms in total. The van der Waals surface area contributed by atoms with Crippen LogP contribution in [0.1, 0.15) is 17.5 Å². The summed E-state index contributed by atoms with van der Waals surface area (Å²) in [6.45, 7) is 0. The second-order valence-electron chi connectivity index (χ2n) is 3.31. The van der Waals surface area contributed by atoms with E-state index < -0.39 is 5.97 Å². The van der Waals surface area contributed by atoms with E-state index in [1.54, 1.807) is 0 Å². The fourth-order valence-corrected chi connectivity index (χ4v) is 2.13. The summed E-state index contributed by atoms with van der Waals surface area (Å²) in [5.41, 5.74) is 3.21. The average molecular weight is 253 g/mol. The molecule has 14 heavy (non-hydrogen) atoms. The molecule has 0 unspecified atom stereocenters. The minimum atomic E-state index is -0.771. The number of fused-ring (bicyclic) bond motifs is 1. The summed E-state index contributed by atoms with van der Waals surface area (Å²) >= 11 is 3.40. The molecule has 3 heteroatoms. The van der Waals surface area contributed by atoms with Gasteiger partial charge in [-0.2, -0.15) is 0 Å². The van der Waals surface area contributed by atoms with Crippen LogP contribution in [0.25, 0.3) is 5.57 Å². The Morgan fingerprint density at radius 2 is 2.29 bits per heavy atom. The second-order valence-corrected chi connectivity index (χ2v) is 4.22. The highest BCUT2D eigenvalue weighted by molar-refractivity contribution is 9.10. The van der Waals surface area contributed by atoms with Gasteiger partial charge in [0.2, 0.25) is 0 Å². The maximum atomic E-state index is 10.6. The molecule has 2 rings (SSSR count). The minimum absolute atomic E-state index is 0.120. The van der Waals surface area contributed by atoms with Gasteiger partial charge in [-0.25, -0.2) is 0 Å². The van der Waals surface area contributed by atoms with Gasteiger partial charge in [-0.05, 0) is 35.3 Å². The van der Waals surface area contributed by atoms with Gasteiger partial charge in [-0.3, -0.25) is 4.79 Å². The highest BCUT2D eigenvalue weighted by atomic mass is 79.9. The van der Waals surface area contributed by atoms with Crippen molar-refractivity contribution >= 4 is 27.5 Å². The Bertz CT molecular complexity index is 421. The summed E-state index contributed by atoms with van der Waals surface area (Å²) in [5, 5.41) is 8.70. The van der Waals surface area contributed by atoms with Crippen molar-refractivity contribution in [3.05, 3.63) is 39.9 Å². The van der Waals surface area contributed by atoms with Crippen LogP contribution in [-0.4, -0.2) is 11.1 Å². The quantitative estimate of drug-likeness (QED) is 0.879. The summed E-state index contributed by atoms with van der Waals surface area (Å²) in [7, 11) is 0. The zero-order valence-corrected chi connectivity index (χ0v) is 9.04. The van der Waals surface area contributed by atoms with Crippen LogP contribution in [0.2, 0.25) is 0 Å². The summed E-state index contributed by atoms with van der Waals surface area (Å²) in [4.78, 5) is 10.6. The average Bonchev–Trinajstić information content (AvgIpc) is 2.47. The third-order valence-corrected chi connectivity index (χ3v) is 2.82. The predicted octanol–water partition coefficient (Wildman–Crippen LogP) is 2.86. The van der Waals surface area contributed by atoms with E-state index in [0.717, 1.165) is 22.0 Å². The monoisotopic (exact) mass is 252 g/mol. The first-order valence-electron chi connectivity index (χ1n) is 4.36.